The highest BCUT2D eigenvalue weighted by atomic mass is 35.5. The first-order valence-corrected chi connectivity index (χ1v) is 9.48. The summed E-state index contributed by atoms with van der Waals surface area (Å²) >= 11 is 6.19. The number of benzene rings is 1. The zero-order valence-electron chi connectivity index (χ0n) is 15.2. The van der Waals surface area contributed by atoms with Crippen LogP contribution in [-0.4, -0.2) is 40.6 Å². The van der Waals surface area contributed by atoms with Gasteiger partial charge < -0.3 is 9.84 Å². The maximum Gasteiger partial charge on any atom is 0.241 e. The minimum atomic E-state index is 0.0217. The smallest absolute Gasteiger partial charge is 0.241 e. The molecule has 140 valence electrons. The Morgan fingerprint density at radius 1 is 1.42 bits per heavy atom. The fraction of sp³-hybridized carbons (Fsp3) is 0.526. The highest BCUT2D eigenvalue weighted by Crippen LogP contribution is 2.25. The summed E-state index contributed by atoms with van der Waals surface area (Å²) in [6.45, 7) is 7.11. The molecule has 1 aliphatic rings. The van der Waals surface area contributed by atoms with E-state index in [1.807, 2.05) is 18.2 Å². The van der Waals surface area contributed by atoms with Crippen LogP contribution in [0.2, 0.25) is 5.02 Å². The van der Waals surface area contributed by atoms with Crippen LogP contribution in [0.15, 0.2) is 28.8 Å². The summed E-state index contributed by atoms with van der Waals surface area (Å²) in [5, 5.41) is 7.67. The van der Waals surface area contributed by atoms with E-state index >= 15 is 0 Å². The number of piperidine rings is 1. The number of rotatable bonds is 6. The second kappa shape index (κ2) is 8.64. The Balaban J connectivity index is 1.59. The molecule has 0 aliphatic carbocycles. The number of hydrogen-bond donors (Lipinski definition) is 1. The van der Waals surface area contributed by atoms with Gasteiger partial charge in [-0.3, -0.25) is 9.69 Å². The van der Waals surface area contributed by atoms with E-state index < -0.39 is 0 Å². The van der Waals surface area contributed by atoms with Gasteiger partial charge >= 0.3 is 0 Å². The number of carbonyl (C=O) groups is 1. The summed E-state index contributed by atoms with van der Waals surface area (Å²) < 4.78 is 5.39. The summed E-state index contributed by atoms with van der Waals surface area (Å²) in [6, 6.07) is 7.43. The molecule has 1 aromatic heterocycles. The van der Waals surface area contributed by atoms with Gasteiger partial charge in [0.1, 0.15) is 0 Å². The minimum absolute atomic E-state index is 0.0217. The molecule has 1 atom stereocenters. The van der Waals surface area contributed by atoms with Gasteiger partial charge in [-0.2, -0.15) is 4.98 Å². The van der Waals surface area contributed by atoms with Crippen molar-refractivity contribution in [3.05, 3.63) is 35.2 Å². The van der Waals surface area contributed by atoms with Crippen LogP contribution < -0.4 is 5.32 Å². The number of amides is 1. The standard InChI is InChI=1S/C19H25ClN4O2/c1-13(2)10-21-19(25)14-6-5-9-24(11-14)12-17-22-18(23-26-17)15-7-3-4-8-16(15)20/h3-4,7-8,13-14H,5-6,9-12H2,1-2H3,(H,21,25). The molecule has 6 nitrogen and oxygen atoms in total. The normalized spacial score (nSPS) is 18.2. The topological polar surface area (TPSA) is 71.3 Å². The van der Waals surface area contributed by atoms with Crippen LogP contribution in [0.1, 0.15) is 32.6 Å². The van der Waals surface area contributed by atoms with Crippen molar-refractivity contribution in [3.8, 4) is 11.4 Å². The first-order chi connectivity index (χ1) is 12.5. The van der Waals surface area contributed by atoms with E-state index in [1.54, 1.807) is 6.07 Å². The number of nitrogens with one attached hydrogen (secondary N) is 1. The van der Waals surface area contributed by atoms with E-state index in [9.17, 15) is 4.79 Å². The predicted octanol–water partition coefficient (Wildman–Crippen LogP) is 3.37. The Morgan fingerprint density at radius 2 is 2.23 bits per heavy atom. The molecule has 7 heteroatoms. The van der Waals surface area contributed by atoms with Crippen LogP contribution in [-0.2, 0) is 11.3 Å². The Kier molecular flexibility index (Phi) is 6.27. The van der Waals surface area contributed by atoms with Crippen LogP contribution in [0.5, 0.6) is 0 Å². The molecule has 2 aromatic rings. The van der Waals surface area contributed by atoms with Crippen molar-refractivity contribution in [2.24, 2.45) is 11.8 Å². The van der Waals surface area contributed by atoms with E-state index in [-0.39, 0.29) is 11.8 Å². The van der Waals surface area contributed by atoms with Crippen LogP contribution in [0, 0.1) is 11.8 Å². The molecular formula is C19H25ClN4O2. The number of nitrogens with zero attached hydrogens (tertiary/aromatic N) is 3. The maximum absolute atomic E-state index is 12.3. The van der Waals surface area contributed by atoms with Gasteiger partial charge in [-0.25, -0.2) is 0 Å². The lowest BCUT2D eigenvalue weighted by Crippen LogP contribution is -2.43. The Labute approximate surface area is 158 Å². The van der Waals surface area contributed by atoms with Crippen LogP contribution >= 0.6 is 11.6 Å². The molecule has 1 saturated heterocycles. The van der Waals surface area contributed by atoms with Crippen molar-refractivity contribution in [1.82, 2.24) is 20.4 Å². The van der Waals surface area contributed by atoms with Gasteiger partial charge in [-0.15, -0.1) is 0 Å². The lowest BCUT2D eigenvalue weighted by Gasteiger charge is -2.31. The van der Waals surface area contributed by atoms with Gasteiger partial charge in [0.05, 0.1) is 17.5 Å². The summed E-state index contributed by atoms with van der Waals surface area (Å²) in [5.41, 5.74) is 0.758. The monoisotopic (exact) mass is 376 g/mol. The Morgan fingerprint density at radius 3 is 3.00 bits per heavy atom. The third-order valence-electron chi connectivity index (χ3n) is 4.50. The third kappa shape index (κ3) is 4.83. The molecule has 0 bridgehead atoms. The highest BCUT2D eigenvalue weighted by molar-refractivity contribution is 6.33. The van der Waals surface area contributed by atoms with E-state index in [0.29, 0.717) is 35.7 Å². The Bertz CT molecular complexity index is 747. The van der Waals surface area contributed by atoms with Crippen molar-refractivity contribution >= 4 is 17.5 Å². The van der Waals surface area contributed by atoms with Crippen LogP contribution in [0.4, 0.5) is 0 Å². The molecular weight excluding hydrogens is 352 g/mol. The zero-order chi connectivity index (χ0) is 18.5. The predicted molar refractivity (Wildman–Crippen MR) is 101 cm³/mol. The van der Waals surface area contributed by atoms with E-state index in [4.69, 9.17) is 16.1 Å². The van der Waals surface area contributed by atoms with Gasteiger partial charge in [-0.1, -0.05) is 42.7 Å². The average Bonchev–Trinajstić information content (AvgIpc) is 3.08. The van der Waals surface area contributed by atoms with Gasteiger partial charge in [0.25, 0.3) is 0 Å². The zero-order valence-corrected chi connectivity index (χ0v) is 16.0. The number of hydrogen-bond acceptors (Lipinski definition) is 5. The SMILES string of the molecule is CC(C)CNC(=O)C1CCCN(Cc2nc(-c3ccccc3Cl)no2)C1. The van der Waals surface area contributed by atoms with Crippen molar-refractivity contribution < 1.29 is 9.32 Å². The number of halogens is 1. The van der Waals surface area contributed by atoms with Gasteiger partial charge in [0.2, 0.25) is 17.6 Å². The largest absolute Gasteiger partial charge is 0.356 e. The first-order valence-electron chi connectivity index (χ1n) is 9.10. The number of aromatic nitrogens is 2. The second-order valence-electron chi connectivity index (χ2n) is 7.20. The van der Waals surface area contributed by atoms with E-state index in [2.05, 4.69) is 34.2 Å². The molecule has 0 radical (unpaired) electrons. The maximum atomic E-state index is 12.3. The second-order valence-corrected chi connectivity index (χ2v) is 7.61. The molecule has 26 heavy (non-hydrogen) atoms. The molecule has 2 heterocycles. The van der Waals surface area contributed by atoms with Crippen LogP contribution in [0.25, 0.3) is 11.4 Å². The highest BCUT2D eigenvalue weighted by Gasteiger charge is 2.27. The van der Waals surface area contributed by atoms with Gasteiger partial charge in [-0.05, 0) is 37.4 Å². The molecule has 0 spiro atoms. The fourth-order valence-corrected chi connectivity index (χ4v) is 3.34. The molecule has 1 N–H and O–H groups in total. The Hall–Kier alpha value is -1.92. The summed E-state index contributed by atoms with van der Waals surface area (Å²) in [7, 11) is 0. The fourth-order valence-electron chi connectivity index (χ4n) is 3.12. The van der Waals surface area contributed by atoms with Crippen molar-refractivity contribution in [1.29, 1.82) is 0 Å². The summed E-state index contributed by atoms with van der Waals surface area (Å²) in [6.07, 6.45) is 1.92. The summed E-state index contributed by atoms with van der Waals surface area (Å²) in [4.78, 5) is 19.0. The number of carbonyl (C=O) groups excluding carboxylic acids is 1. The molecule has 0 saturated carbocycles. The lowest BCUT2D eigenvalue weighted by molar-refractivity contribution is -0.127. The molecule has 3 rings (SSSR count). The third-order valence-corrected chi connectivity index (χ3v) is 4.83. The van der Waals surface area contributed by atoms with Gasteiger partial charge in [0.15, 0.2) is 0 Å². The average molecular weight is 377 g/mol. The number of likely N-dealkylation sites (tertiary alicyclic amines) is 1. The molecule has 1 fully saturated rings. The molecule has 1 amide bonds. The molecule has 1 unspecified atom stereocenters. The van der Waals surface area contributed by atoms with Crippen LogP contribution in [0.3, 0.4) is 0 Å². The molecule has 1 aromatic carbocycles. The van der Waals surface area contributed by atoms with E-state index in [1.165, 1.54) is 0 Å². The quantitative estimate of drug-likeness (QED) is 0.836. The van der Waals surface area contributed by atoms with Crippen molar-refractivity contribution in [3.63, 3.8) is 0 Å². The van der Waals surface area contributed by atoms with Crippen molar-refractivity contribution in [2.75, 3.05) is 19.6 Å². The molecule has 1 aliphatic heterocycles. The lowest BCUT2D eigenvalue weighted by atomic mass is 9.97. The van der Waals surface area contributed by atoms with Crippen molar-refractivity contribution in [2.45, 2.75) is 33.2 Å². The first kappa shape index (κ1) is 18.9. The van der Waals surface area contributed by atoms with E-state index in [0.717, 1.165) is 31.5 Å². The van der Waals surface area contributed by atoms with Gasteiger partial charge in [0, 0.05) is 18.7 Å². The minimum Gasteiger partial charge on any atom is -0.356 e. The summed E-state index contributed by atoms with van der Waals surface area (Å²) in [5.74, 6) is 1.66.